The molecule has 1 aromatic carbocycles. The molecule has 1 aliphatic heterocycles. The highest BCUT2D eigenvalue weighted by Gasteiger charge is 2.32. The van der Waals surface area contributed by atoms with Crippen molar-refractivity contribution in [2.45, 2.75) is 25.8 Å². The molecule has 3 rings (SSSR count). The maximum absolute atomic E-state index is 12.6. The number of nitrogens with zero attached hydrogens (tertiary/aromatic N) is 1. The molecular weight excluding hydrogens is 266 g/mol. The van der Waals surface area contributed by atoms with Gasteiger partial charge in [-0.1, -0.05) is 12.1 Å². The summed E-state index contributed by atoms with van der Waals surface area (Å²) in [6.45, 7) is 2.67. The van der Waals surface area contributed by atoms with E-state index in [0.29, 0.717) is 5.76 Å². The van der Waals surface area contributed by atoms with Crippen LogP contribution in [0.3, 0.4) is 0 Å². The lowest BCUT2D eigenvalue weighted by Gasteiger charge is -2.24. The Hall–Kier alpha value is -2.23. The molecule has 0 bridgehead atoms. The highest BCUT2D eigenvalue weighted by molar-refractivity contribution is 5.93. The fraction of sp³-hybridized carbons (Fsp3) is 0.353. The minimum Gasteiger partial charge on any atom is -0.497 e. The zero-order chi connectivity index (χ0) is 14.8. The molecule has 0 radical (unpaired) electrons. The van der Waals surface area contributed by atoms with Crippen molar-refractivity contribution < 1.29 is 13.9 Å². The number of carbonyl (C=O) groups excluding carboxylic acids is 1. The van der Waals surface area contributed by atoms with E-state index >= 15 is 0 Å². The number of rotatable bonds is 3. The third kappa shape index (κ3) is 2.53. The quantitative estimate of drug-likeness (QED) is 0.865. The number of furan rings is 1. The van der Waals surface area contributed by atoms with Gasteiger partial charge < -0.3 is 14.1 Å². The molecule has 1 aromatic heterocycles. The van der Waals surface area contributed by atoms with Gasteiger partial charge in [0.2, 0.25) is 0 Å². The molecule has 21 heavy (non-hydrogen) atoms. The van der Waals surface area contributed by atoms with Crippen LogP contribution in [0.15, 0.2) is 41.0 Å². The number of ether oxygens (including phenoxy) is 1. The SMILES string of the molecule is COc1ccc(C2CCCN2C(=O)c2occc2C)cc1. The molecule has 1 unspecified atom stereocenters. The van der Waals surface area contributed by atoms with E-state index in [1.165, 1.54) is 0 Å². The molecule has 110 valence electrons. The lowest BCUT2D eigenvalue weighted by Crippen LogP contribution is -2.30. The molecule has 0 spiro atoms. The summed E-state index contributed by atoms with van der Waals surface area (Å²) >= 11 is 0. The third-order valence-corrected chi connectivity index (χ3v) is 4.07. The number of benzene rings is 1. The second-order valence-corrected chi connectivity index (χ2v) is 5.36. The number of carbonyl (C=O) groups is 1. The van der Waals surface area contributed by atoms with E-state index in [2.05, 4.69) is 0 Å². The molecular formula is C17H19NO3. The van der Waals surface area contributed by atoms with E-state index in [9.17, 15) is 4.79 Å². The maximum atomic E-state index is 12.6. The van der Waals surface area contributed by atoms with Gasteiger partial charge in [0.15, 0.2) is 5.76 Å². The van der Waals surface area contributed by atoms with Gasteiger partial charge in [-0.3, -0.25) is 4.79 Å². The Kier molecular flexibility index (Phi) is 3.69. The average Bonchev–Trinajstić information content (AvgIpc) is 3.15. The average molecular weight is 285 g/mol. The summed E-state index contributed by atoms with van der Waals surface area (Å²) in [5.74, 6) is 1.27. The monoisotopic (exact) mass is 285 g/mol. The molecule has 0 saturated carbocycles. The van der Waals surface area contributed by atoms with Crippen molar-refractivity contribution in [3.8, 4) is 5.75 Å². The van der Waals surface area contributed by atoms with Crippen molar-refractivity contribution in [2.24, 2.45) is 0 Å². The predicted octanol–water partition coefficient (Wildman–Crippen LogP) is 3.57. The van der Waals surface area contributed by atoms with Crippen molar-refractivity contribution in [1.29, 1.82) is 0 Å². The summed E-state index contributed by atoms with van der Waals surface area (Å²) in [4.78, 5) is 14.6. The van der Waals surface area contributed by atoms with Crippen LogP contribution in [-0.4, -0.2) is 24.5 Å². The van der Waals surface area contributed by atoms with Crippen LogP contribution in [0.4, 0.5) is 0 Å². The standard InChI is InChI=1S/C17H19NO3/c1-12-9-11-21-16(12)17(19)18-10-3-4-15(18)13-5-7-14(20-2)8-6-13/h5-9,11,15H,3-4,10H2,1-2H3. The molecule has 1 saturated heterocycles. The first-order valence-corrected chi connectivity index (χ1v) is 7.19. The Morgan fingerprint density at radius 1 is 1.29 bits per heavy atom. The smallest absolute Gasteiger partial charge is 0.290 e. The van der Waals surface area contributed by atoms with Crippen LogP contribution in [0.1, 0.15) is 40.6 Å². The van der Waals surface area contributed by atoms with Crippen molar-refractivity contribution in [3.63, 3.8) is 0 Å². The number of likely N-dealkylation sites (tertiary alicyclic amines) is 1. The zero-order valence-electron chi connectivity index (χ0n) is 12.3. The van der Waals surface area contributed by atoms with Crippen LogP contribution in [0.5, 0.6) is 5.75 Å². The first kappa shape index (κ1) is 13.7. The minimum absolute atomic E-state index is 0.0178. The molecule has 2 heterocycles. The maximum Gasteiger partial charge on any atom is 0.290 e. The van der Waals surface area contributed by atoms with Crippen molar-refractivity contribution in [1.82, 2.24) is 4.90 Å². The Labute approximate surface area is 124 Å². The van der Waals surface area contributed by atoms with Gasteiger partial charge in [-0.2, -0.15) is 0 Å². The summed E-state index contributed by atoms with van der Waals surface area (Å²) in [5, 5.41) is 0. The molecule has 1 amide bonds. The van der Waals surface area contributed by atoms with Crippen LogP contribution in [0, 0.1) is 6.92 Å². The highest BCUT2D eigenvalue weighted by atomic mass is 16.5. The van der Waals surface area contributed by atoms with Crippen LogP contribution < -0.4 is 4.74 Å². The van der Waals surface area contributed by atoms with Gasteiger partial charge >= 0.3 is 0 Å². The number of hydrogen-bond donors (Lipinski definition) is 0. The molecule has 0 N–H and O–H groups in total. The number of hydrogen-bond acceptors (Lipinski definition) is 3. The van der Waals surface area contributed by atoms with Crippen LogP contribution >= 0.6 is 0 Å². The Balaban J connectivity index is 1.85. The van der Waals surface area contributed by atoms with Crippen LogP contribution in [-0.2, 0) is 0 Å². The van der Waals surface area contributed by atoms with E-state index in [0.717, 1.165) is 36.3 Å². The number of methoxy groups -OCH3 is 1. The normalized spacial score (nSPS) is 18.0. The van der Waals surface area contributed by atoms with Gasteiger partial charge in [0.05, 0.1) is 19.4 Å². The molecule has 1 fully saturated rings. The summed E-state index contributed by atoms with van der Waals surface area (Å²) < 4.78 is 10.5. The lowest BCUT2D eigenvalue weighted by molar-refractivity contribution is 0.0702. The molecule has 0 aliphatic carbocycles. The summed E-state index contributed by atoms with van der Waals surface area (Å²) in [6.07, 6.45) is 3.57. The molecule has 2 aromatic rings. The second kappa shape index (κ2) is 5.64. The first-order chi connectivity index (χ1) is 10.2. The Morgan fingerprint density at radius 3 is 2.67 bits per heavy atom. The summed E-state index contributed by atoms with van der Waals surface area (Å²) in [5.41, 5.74) is 2.03. The van der Waals surface area contributed by atoms with Gasteiger partial charge in [0, 0.05) is 12.1 Å². The first-order valence-electron chi connectivity index (χ1n) is 7.19. The fourth-order valence-electron chi connectivity index (χ4n) is 2.90. The molecule has 1 atom stereocenters. The molecule has 1 aliphatic rings. The van der Waals surface area contributed by atoms with Gasteiger partial charge in [-0.15, -0.1) is 0 Å². The van der Waals surface area contributed by atoms with E-state index in [1.54, 1.807) is 13.4 Å². The minimum atomic E-state index is -0.0178. The van der Waals surface area contributed by atoms with E-state index < -0.39 is 0 Å². The third-order valence-electron chi connectivity index (χ3n) is 4.07. The van der Waals surface area contributed by atoms with E-state index in [1.807, 2.05) is 42.2 Å². The van der Waals surface area contributed by atoms with Crippen molar-refractivity contribution >= 4 is 5.91 Å². The summed E-state index contributed by atoms with van der Waals surface area (Å²) in [7, 11) is 1.65. The molecule has 4 nitrogen and oxygen atoms in total. The van der Waals surface area contributed by atoms with Gasteiger partial charge in [0.25, 0.3) is 5.91 Å². The van der Waals surface area contributed by atoms with Crippen LogP contribution in [0.2, 0.25) is 0 Å². The van der Waals surface area contributed by atoms with Gasteiger partial charge in [-0.05, 0) is 43.5 Å². The number of aryl methyl sites for hydroxylation is 1. The van der Waals surface area contributed by atoms with Gasteiger partial charge in [-0.25, -0.2) is 0 Å². The molecule has 4 heteroatoms. The van der Waals surface area contributed by atoms with Gasteiger partial charge in [0.1, 0.15) is 5.75 Å². The van der Waals surface area contributed by atoms with Crippen molar-refractivity contribution in [2.75, 3.05) is 13.7 Å². The highest BCUT2D eigenvalue weighted by Crippen LogP contribution is 2.34. The van der Waals surface area contributed by atoms with Crippen molar-refractivity contribution in [3.05, 3.63) is 53.5 Å². The topological polar surface area (TPSA) is 42.7 Å². The van der Waals surface area contributed by atoms with E-state index in [-0.39, 0.29) is 11.9 Å². The van der Waals surface area contributed by atoms with Crippen LogP contribution in [0.25, 0.3) is 0 Å². The second-order valence-electron chi connectivity index (χ2n) is 5.36. The zero-order valence-corrected chi connectivity index (χ0v) is 12.3. The number of amides is 1. The Bertz CT molecular complexity index is 630. The largest absolute Gasteiger partial charge is 0.497 e. The van der Waals surface area contributed by atoms with E-state index in [4.69, 9.17) is 9.15 Å². The lowest BCUT2D eigenvalue weighted by atomic mass is 10.0. The summed E-state index contributed by atoms with van der Waals surface area (Å²) in [6, 6.07) is 9.89. The fourth-order valence-corrected chi connectivity index (χ4v) is 2.90. The Morgan fingerprint density at radius 2 is 2.05 bits per heavy atom. The predicted molar refractivity (Wildman–Crippen MR) is 79.5 cm³/mol.